The van der Waals surface area contributed by atoms with Gasteiger partial charge in [-0.15, -0.1) is 0 Å². The van der Waals surface area contributed by atoms with E-state index < -0.39 is 0 Å². The monoisotopic (exact) mass is 211 g/mol. The van der Waals surface area contributed by atoms with Gasteiger partial charge in [-0.05, 0) is 12.5 Å². The molecule has 1 aromatic heterocycles. The molecule has 0 aliphatic heterocycles. The number of aryl methyl sites for hydroxylation is 2. The summed E-state index contributed by atoms with van der Waals surface area (Å²) in [4.78, 5) is 4.16. The Hall–Kier alpha value is -1.96. The summed E-state index contributed by atoms with van der Waals surface area (Å²) >= 11 is 0. The molecule has 1 heterocycles. The van der Waals surface area contributed by atoms with Crippen molar-refractivity contribution >= 4 is 6.08 Å². The normalized spacial score (nSPS) is 10.1. The first-order valence-corrected chi connectivity index (χ1v) is 5.26. The Labute approximate surface area is 95.9 Å². The van der Waals surface area contributed by atoms with Gasteiger partial charge in [0.2, 0.25) is 0 Å². The Morgan fingerprint density at radius 2 is 2.06 bits per heavy atom. The van der Waals surface area contributed by atoms with Crippen LogP contribution in [-0.4, -0.2) is 4.98 Å². The summed E-state index contributed by atoms with van der Waals surface area (Å²) in [6.45, 7) is 5.95. The van der Waals surface area contributed by atoms with Crippen molar-refractivity contribution in [2.75, 3.05) is 0 Å². The van der Waals surface area contributed by atoms with Crippen LogP contribution in [0.2, 0.25) is 0 Å². The zero-order valence-electron chi connectivity index (χ0n) is 9.64. The van der Waals surface area contributed by atoms with E-state index in [0.29, 0.717) is 0 Å². The molecule has 16 heavy (non-hydrogen) atoms. The second kappa shape index (κ2) is 4.27. The summed E-state index contributed by atoms with van der Waals surface area (Å²) in [7, 11) is 2.00. The fourth-order valence-electron chi connectivity index (χ4n) is 1.87. The van der Waals surface area contributed by atoms with Gasteiger partial charge in [-0.25, -0.2) is 4.57 Å². The first kappa shape index (κ1) is 10.6. The smallest absolute Gasteiger partial charge is 0.232 e. The summed E-state index contributed by atoms with van der Waals surface area (Å²) in [5.74, 6) is 0. The van der Waals surface area contributed by atoms with Gasteiger partial charge in [0, 0.05) is 5.56 Å². The van der Waals surface area contributed by atoms with Crippen molar-refractivity contribution < 1.29 is 4.57 Å². The largest absolute Gasteiger partial charge is 0.286 e. The lowest BCUT2D eigenvalue weighted by molar-refractivity contribution is -0.663. The molecule has 2 rings (SSSR count). The van der Waals surface area contributed by atoms with Gasteiger partial charge in [0.1, 0.15) is 5.69 Å². The molecule has 0 bridgehead atoms. The number of benzene rings is 1. The Bertz CT molecular complexity index is 530. The fourth-order valence-corrected chi connectivity index (χ4v) is 1.87. The molecule has 0 saturated heterocycles. The third-order valence-electron chi connectivity index (χ3n) is 2.70. The molecule has 0 N–H and O–H groups in total. The Balaban J connectivity index is 2.73. The van der Waals surface area contributed by atoms with Crippen molar-refractivity contribution in [3.63, 3.8) is 0 Å². The molecule has 2 aromatic rings. The van der Waals surface area contributed by atoms with Gasteiger partial charge in [0.05, 0.1) is 12.6 Å². The van der Waals surface area contributed by atoms with Crippen LogP contribution in [0.5, 0.6) is 0 Å². The number of hydrogen-bond donors (Lipinski definition) is 0. The maximum Gasteiger partial charge on any atom is 0.286 e. The van der Waals surface area contributed by atoms with Gasteiger partial charge in [0.15, 0.2) is 6.20 Å². The van der Waals surface area contributed by atoms with Crippen molar-refractivity contribution in [2.45, 2.75) is 6.92 Å². The van der Waals surface area contributed by atoms with Crippen LogP contribution in [0.4, 0.5) is 0 Å². The van der Waals surface area contributed by atoms with Crippen molar-refractivity contribution in [1.82, 2.24) is 4.98 Å². The zero-order chi connectivity index (χ0) is 11.5. The fraction of sp³-hybridized carbons (Fsp3) is 0.143. The molecule has 0 aliphatic carbocycles. The van der Waals surface area contributed by atoms with E-state index in [-0.39, 0.29) is 0 Å². The van der Waals surface area contributed by atoms with Crippen molar-refractivity contribution in [1.29, 1.82) is 0 Å². The molecular weight excluding hydrogens is 196 g/mol. The van der Waals surface area contributed by atoms with E-state index in [9.17, 15) is 0 Å². The van der Waals surface area contributed by atoms with Crippen molar-refractivity contribution in [3.05, 3.63) is 54.5 Å². The van der Waals surface area contributed by atoms with Gasteiger partial charge in [-0.2, -0.15) is 0 Å². The molecule has 0 saturated carbocycles. The first-order valence-electron chi connectivity index (χ1n) is 5.26. The van der Waals surface area contributed by atoms with Crippen LogP contribution in [-0.2, 0) is 7.05 Å². The second-order valence-corrected chi connectivity index (χ2v) is 3.83. The Kier molecular flexibility index (Phi) is 2.82. The number of aromatic nitrogens is 2. The maximum absolute atomic E-state index is 4.16. The molecule has 0 amide bonds. The molecule has 2 heteroatoms. The Morgan fingerprint density at radius 3 is 2.75 bits per heavy atom. The predicted molar refractivity (Wildman–Crippen MR) is 65.7 cm³/mol. The molecule has 0 radical (unpaired) electrons. The SMILES string of the molecule is C=Cc1cnc[n+](C)c1-c1ccccc1C. The van der Waals surface area contributed by atoms with Gasteiger partial charge in [-0.1, -0.05) is 41.9 Å². The highest BCUT2D eigenvalue weighted by atomic mass is 15.0. The summed E-state index contributed by atoms with van der Waals surface area (Å²) in [6, 6.07) is 8.34. The van der Waals surface area contributed by atoms with Crippen LogP contribution in [0.25, 0.3) is 17.3 Å². The zero-order valence-corrected chi connectivity index (χ0v) is 9.64. The topological polar surface area (TPSA) is 16.8 Å². The molecule has 0 fully saturated rings. The van der Waals surface area contributed by atoms with Gasteiger partial charge < -0.3 is 0 Å². The average molecular weight is 211 g/mol. The minimum Gasteiger partial charge on any atom is -0.232 e. The molecular formula is C14H15N2+. The Morgan fingerprint density at radius 1 is 1.31 bits per heavy atom. The molecule has 1 aromatic carbocycles. The van der Waals surface area contributed by atoms with E-state index in [1.54, 1.807) is 0 Å². The minimum absolute atomic E-state index is 1.05. The van der Waals surface area contributed by atoms with Gasteiger partial charge in [-0.3, -0.25) is 0 Å². The molecule has 2 nitrogen and oxygen atoms in total. The van der Waals surface area contributed by atoms with Crippen LogP contribution in [0.3, 0.4) is 0 Å². The van der Waals surface area contributed by atoms with Crippen LogP contribution >= 0.6 is 0 Å². The lowest BCUT2D eigenvalue weighted by Gasteiger charge is -2.07. The van der Waals surface area contributed by atoms with E-state index in [0.717, 1.165) is 11.3 Å². The third kappa shape index (κ3) is 1.74. The highest BCUT2D eigenvalue weighted by Gasteiger charge is 2.13. The summed E-state index contributed by atoms with van der Waals surface area (Å²) in [5, 5.41) is 0. The molecule has 0 aliphatic rings. The van der Waals surface area contributed by atoms with Crippen LogP contribution in [0, 0.1) is 6.92 Å². The van der Waals surface area contributed by atoms with E-state index in [1.165, 1.54) is 11.1 Å². The summed E-state index contributed by atoms with van der Waals surface area (Å²) in [5.41, 5.74) is 4.69. The van der Waals surface area contributed by atoms with Gasteiger partial charge in [0.25, 0.3) is 6.33 Å². The summed E-state index contributed by atoms with van der Waals surface area (Å²) in [6.07, 6.45) is 5.50. The van der Waals surface area contributed by atoms with E-state index in [2.05, 4.69) is 36.7 Å². The van der Waals surface area contributed by atoms with Crippen LogP contribution in [0.1, 0.15) is 11.1 Å². The van der Waals surface area contributed by atoms with Crippen molar-refractivity contribution in [2.24, 2.45) is 7.05 Å². The molecule has 0 unspecified atom stereocenters. The standard InChI is InChI=1S/C14H15N2/c1-4-12-9-15-10-16(3)14(12)13-8-6-5-7-11(13)2/h4-10H,1H2,2-3H3/q+1. The lowest BCUT2D eigenvalue weighted by Crippen LogP contribution is -2.32. The number of nitrogens with zero attached hydrogens (tertiary/aromatic N) is 2. The quantitative estimate of drug-likeness (QED) is 0.697. The van der Waals surface area contributed by atoms with Crippen molar-refractivity contribution in [3.8, 4) is 11.3 Å². The summed E-state index contributed by atoms with van der Waals surface area (Å²) < 4.78 is 2.03. The first-order chi connectivity index (χ1) is 7.74. The molecule has 0 atom stereocenters. The van der Waals surface area contributed by atoms with Crippen LogP contribution in [0.15, 0.2) is 43.4 Å². The predicted octanol–water partition coefficient (Wildman–Crippen LogP) is 2.52. The third-order valence-corrected chi connectivity index (χ3v) is 2.70. The lowest BCUT2D eigenvalue weighted by atomic mass is 10.0. The van der Waals surface area contributed by atoms with Gasteiger partial charge >= 0.3 is 0 Å². The number of rotatable bonds is 2. The maximum atomic E-state index is 4.16. The highest BCUT2D eigenvalue weighted by Crippen LogP contribution is 2.23. The molecule has 0 spiro atoms. The van der Waals surface area contributed by atoms with E-state index in [4.69, 9.17) is 0 Å². The van der Waals surface area contributed by atoms with E-state index in [1.807, 2.05) is 36.3 Å². The average Bonchev–Trinajstić information content (AvgIpc) is 2.30. The molecule has 80 valence electrons. The minimum atomic E-state index is 1.05. The van der Waals surface area contributed by atoms with E-state index >= 15 is 0 Å². The van der Waals surface area contributed by atoms with Crippen LogP contribution < -0.4 is 4.57 Å². The highest BCUT2D eigenvalue weighted by molar-refractivity contribution is 5.70. The second-order valence-electron chi connectivity index (χ2n) is 3.83. The number of hydrogen-bond acceptors (Lipinski definition) is 1.